The number of sulfonamides is 1. The molecule has 0 aromatic heterocycles. The molecule has 4 nitrogen and oxygen atoms in total. The van der Waals surface area contributed by atoms with Gasteiger partial charge in [0.25, 0.3) is 0 Å². The van der Waals surface area contributed by atoms with Crippen LogP contribution < -0.4 is 5.73 Å². The molecule has 0 saturated carbocycles. The Morgan fingerprint density at radius 3 is 2.61 bits per heavy atom. The molecule has 0 amide bonds. The lowest BCUT2D eigenvalue weighted by atomic mass is 10.0. The van der Waals surface area contributed by atoms with Gasteiger partial charge in [0.05, 0.1) is 15.5 Å². The van der Waals surface area contributed by atoms with E-state index in [9.17, 15) is 21.6 Å². The summed E-state index contributed by atoms with van der Waals surface area (Å²) in [5.41, 5.74) is 4.37. The molecule has 1 aromatic carbocycles. The largest absolute Gasteiger partial charge is 0.417 e. The molecule has 0 bridgehead atoms. The normalized spacial score (nSPS) is 20.7. The molecule has 0 radical (unpaired) electrons. The second kappa shape index (κ2) is 6.96. The van der Waals surface area contributed by atoms with E-state index >= 15 is 0 Å². The van der Waals surface area contributed by atoms with Gasteiger partial charge in [-0.25, -0.2) is 8.42 Å². The molecule has 2 N–H and O–H groups in total. The van der Waals surface area contributed by atoms with Gasteiger partial charge in [-0.1, -0.05) is 18.0 Å². The third-order valence-corrected chi connectivity index (χ3v) is 6.20. The zero-order valence-electron chi connectivity index (χ0n) is 12.3. The van der Waals surface area contributed by atoms with E-state index < -0.39 is 31.7 Å². The second-order valence-electron chi connectivity index (χ2n) is 5.48. The highest BCUT2D eigenvalue weighted by Crippen LogP contribution is 2.37. The van der Waals surface area contributed by atoms with Gasteiger partial charge in [0.15, 0.2) is 0 Å². The molecule has 1 atom stereocenters. The molecule has 0 aliphatic carbocycles. The number of nitrogens with two attached hydrogens (primary N) is 1. The van der Waals surface area contributed by atoms with Crippen LogP contribution in [0.1, 0.15) is 31.2 Å². The summed E-state index contributed by atoms with van der Waals surface area (Å²) in [6.45, 7) is 0.613. The summed E-state index contributed by atoms with van der Waals surface area (Å²) in [7, 11) is -4.01. The monoisotopic (exact) mass is 370 g/mol. The van der Waals surface area contributed by atoms with Crippen LogP contribution >= 0.6 is 11.6 Å². The van der Waals surface area contributed by atoms with E-state index in [0.717, 1.165) is 18.6 Å². The molecule has 1 aliphatic rings. The standard InChI is InChI=1S/C14H18ClF3N2O2S/c15-13-5-4-11(9-12(13)14(16,17)18)23(21,22)20-8-2-1-3-10(20)6-7-19/h4-5,9-10H,1-3,6-8,19H2. The molecule has 1 unspecified atom stereocenters. The van der Waals surface area contributed by atoms with Crippen molar-refractivity contribution in [2.24, 2.45) is 5.73 Å². The molecule has 0 spiro atoms. The zero-order chi connectivity index (χ0) is 17.3. The fourth-order valence-corrected chi connectivity index (χ4v) is 4.76. The fourth-order valence-electron chi connectivity index (χ4n) is 2.79. The minimum atomic E-state index is -4.71. The first-order chi connectivity index (χ1) is 10.7. The van der Waals surface area contributed by atoms with Gasteiger partial charge in [-0.3, -0.25) is 0 Å². The van der Waals surface area contributed by atoms with Crippen molar-refractivity contribution < 1.29 is 21.6 Å². The van der Waals surface area contributed by atoms with E-state index in [1.54, 1.807) is 0 Å². The number of halogens is 4. The summed E-state index contributed by atoms with van der Waals surface area (Å²) < 4.78 is 65.6. The highest BCUT2D eigenvalue weighted by atomic mass is 35.5. The van der Waals surface area contributed by atoms with Crippen LogP contribution in [0, 0.1) is 0 Å². The summed E-state index contributed by atoms with van der Waals surface area (Å²) in [6.07, 6.45) is -2.00. The molecule has 1 aliphatic heterocycles. The first-order valence-electron chi connectivity index (χ1n) is 7.26. The molecule has 1 saturated heterocycles. The van der Waals surface area contributed by atoms with Crippen molar-refractivity contribution in [2.75, 3.05) is 13.1 Å². The Hall–Kier alpha value is -0.830. The molecular formula is C14H18ClF3N2O2S. The zero-order valence-corrected chi connectivity index (χ0v) is 13.9. The first kappa shape index (κ1) is 18.5. The van der Waals surface area contributed by atoms with E-state index in [-0.39, 0.29) is 12.6 Å². The second-order valence-corrected chi connectivity index (χ2v) is 7.78. The van der Waals surface area contributed by atoms with Gasteiger partial charge < -0.3 is 5.73 Å². The molecule has 1 aromatic rings. The smallest absolute Gasteiger partial charge is 0.330 e. The Balaban J connectivity index is 2.43. The first-order valence-corrected chi connectivity index (χ1v) is 9.08. The van der Waals surface area contributed by atoms with Crippen LogP contribution in [-0.2, 0) is 16.2 Å². The van der Waals surface area contributed by atoms with Crippen LogP contribution in [0.5, 0.6) is 0 Å². The van der Waals surface area contributed by atoms with Gasteiger partial charge in [0.1, 0.15) is 0 Å². The minimum Gasteiger partial charge on any atom is -0.330 e. The highest BCUT2D eigenvalue weighted by Gasteiger charge is 2.37. The van der Waals surface area contributed by atoms with E-state index in [2.05, 4.69) is 0 Å². The minimum absolute atomic E-state index is 0.274. The summed E-state index contributed by atoms with van der Waals surface area (Å²) in [6, 6.07) is 2.41. The van der Waals surface area contributed by atoms with Gasteiger partial charge >= 0.3 is 6.18 Å². The number of piperidine rings is 1. The number of nitrogens with zero attached hydrogens (tertiary/aromatic N) is 1. The molecule has 23 heavy (non-hydrogen) atoms. The van der Waals surface area contributed by atoms with Crippen molar-refractivity contribution >= 4 is 21.6 Å². The number of hydrogen-bond acceptors (Lipinski definition) is 3. The van der Waals surface area contributed by atoms with E-state index in [1.165, 1.54) is 4.31 Å². The molecule has 1 fully saturated rings. The van der Waals surface area contributed by atoms with Gasteiger partial charge in [-0.2, -0.15) is 17.5 Å². The van der Waals surface area contributed by atoms with Crippen molar-refractivity contribution in [1.82, 2.24) is 4.31 Å². The number of hydrogen-bond donors (Lipinski definition) is 1. The maximum atomic E-state index is 12.9. The SMILES string of the molecule is NCCC1CCCCN1S(=O)(=O)c1ccc(Cl)c(C(F)(F)F)c1. The Kier molecular flexibility index (Phi) is 5.60. The van der Waals surface area contributed by atoms with Crippen molar-refractivity contribution in [1.29, 1.82) is 0 Å². The van der Waals surface area contributed by atoms with Crippen molar-refractivity contribution in [3.8, 4) is 0 Å². The lowest BCUT2D eigenvalue weighted by Gasteiger charge is -2.34. The lowest BCUT2D eigenvalue weighted by Crippen LogP contribution is -2.44. The van der Waals surface area contributed by atoms with Crippen LogP contribution in [0.25, 0.3) is 0 Å². The Labute approximate surface area is 138 Å². The average molecular weight is 371 g/mol. The number of benzene rings is 1. The van der Waals surface area contributed by atoms with E-state index in [4.69, 9.17) is 17.3 Å². The van der Waals surface area contributed by atoms with Crippen LogP contribution in [0.15, 0.2) is 23.1 Å². The van der Waals surface area contributed by atoms with Gasteiger partial charge in [0.2, 0.25) is 10.0 Å². The van der Waals surface area contributed by atoms with Crippen molar-refractivity contribution in [3.63, 3.8) is 0 Å². The van der Waals surface area contributed by atoms with Crippen LogP contribution in [-0.4, -0.2) is 31.9 Å². The van der Waals surface area contributed by atoms with Crippen LogP contribution in [0.4, 0.5) is 13.2 Å². The van der Waals surface area contributed by atoms with Gasteiger partial charge in [-0.15, -0.1) is 0 Å². The summed E-state index contributed by atoms with van der Waals surface area (Å²) in [4.78, 5) is -0.391. The van der Waals surface area contributed by atoms with Crippen molar-refractivity contribution in [2.45, 2.75) is 42.8 Å². The predicted octanol–water partition coefficient (Wildman–Crippen LogP) is 3.25. The Bertz CT molecular complexity index is 662. The molecule has 130 valence electrons. The quantitative estimate of drug-likeness (QED) is 0.884. The Morgan fingerprint density at radius 1 is 1.30 bits per heavy atom. The van der Waals surface area contributed by atoms with Crippen molar-refractivity contribution in [3.05, 3.63) is 28.8 Å². The lowest BCUT2D eigenvalue weighted by molar-refractivity contribution is -0.137. The average Bonchev–Trinajstić information content (AvgIpc) is 2.47. The van der Waals surface area contributed by atoms with Gasteiger partial charge in [-0.05, 0) is 44.0 Å². The topological polar surface area (TPSA) is 63.4 Å². The van der Waals surface area contributed by atoms with Crippen LogP contribution in [0.2, 0.25) is 5.02 Å². The third kappa shape index (κ3) is 3.99. The summed E-state index contributed by atoms with van der Waals surface area (Å²) in [5.74, 6) is 0. The molecular weight excluding hydrogens is 353 g/mol. The highest BCUT2D eigenvalue weighted by molar-refractivity contribution is 7.89. The van der Waals surface area contributed by atoms with E-state index in [1.807, 2.05) is 0 Å². The number of alkyl halides is 3. The molecule has 1 heterocycles. The Morgan fingerprint density at radius 2 is 2.00 bits per heavy atom. The number of rotatable bonds is 4. The van der Waals surface area contributed by atoms with Gasteiger partial charge in [0, 0.05) is 12.6 Å². The molecule has 2 rings (SSSR count). The third-order valence-electron chi connectivity index (χ3n) is 3.92. The fraction of sp³-hybridized carbons (Fsp3) is 0.571. The summed E-state index contributed by atoms with van der Waals surface area (Å²) >= 11 is 5.55. The maximum absolute atomic E-state index is 12.9. The van der Waals surface area contributed by atoms with E-state index in [0.29, 0.717) is 31.9 Å². The molecule has 9 heteroatoms. The van der Waals surface area contributed by atoms with Crippen LogP contribution in [0.3, 0.4) is 0 Å². The predicted molar refractivity (Wildman–Crippen MR) is 81.7 cm³/mol. The maximum Gasteiger partial charge on any atom is 0.417 e. The summed E-state index contributed by atoms with van der Waals surface area (Å²) in [5, 5.41) is -0.520.